The van der Waals surface area contributed by atoms with Gasteiger partial charge in [-0.25, -0.2) is 0 Å². The SMILES string of the molecule is CNCCOCc1ccn(C)n1. The molecule has 4 heteroatoms. The zero-order valence-corrected chi connectivity index (χ0v) is 7.58. The molecule has 1 aromatic rings. The molecule has 0 aromatic carbocycles. The van der Waals surface area contributed by atoms with Crippen LogP contribution in [-0.4, -0.2) is 30.0 Å². The summed E-state index contributed by atoms with van der Waals surface area (Å²) >= 11 is 0. The maximum absolute atomic E-state index is 5.34. The number of likely N-dealkylation sites (N-methyl/N-ethyl adjacent to an activating group) is 1. The molecule has 0 unspecified atom stereocenters. The lowest BCUT2D eigenvalue weighted by atomic mass is 10.5. The fraction of sp³-hybridized carbons (Fsp3) is 0.625. The molecule has 4 nitrogen and oxygen atoms in total. The van der Waals surface area contributed by atoms with Gasteiger partial charge in [0, 0.05) is 19.8 Å². The number of aryl methyl sites for hydroxylation is 1. The van der Waals surface area contributed by atoms with E-state index in [1.807, 2.05) is 26.4 Å². The van der Waals surface area contributed by atoms with Crippen LogP contribution in [0.4, 0.5) is 0 Å². The Hall–Kier alpha value is -0.870. The van der Waals surface area contributed by atoms with E-state index in [0.717, 1.165) is 18.8 Å². The van der Waals surface area contributed by atoms with E-state index in [-0.39, 0.29) is 0 Å². The van der Waals surface area contributed by atoms with Gasteiger partial charge >= 0.3 is 0 Å². The number of hydrogen-bond acceptors (Lipinski definition) is 3. The molecule has 0 aliphatic rings. The first-order valence-electron chi connectivity index (χ1n) is 4.04. The zero-order chi connectivity index (χ0) is 8.81. The molecule has 1 heterocycles. The van der Waals surface area contributed by atoms with Crippen molar-refractivity contribution in [1.82, 2.24) is 15.1 Å². The highest BCUT2D eigenvalue weighted by molar-refractivity contribution is 4.96. The molecule has 0 bridgehead atoms. The number of rotatable bonds is 5. The average Bonchev–Trinajstić information content (AvgIpc) is 2.45. The normalized spacial score (nSPS) is 10.5. The molecule has 1 N–H and O–H groups in total. The van der Waals surface area contributed by atoms with Gasteiger partial charge in [0.1, 0.15) is 0 Å². The largest absolute Gasteiger partial charge is 0.374 e. The molecule has 68 valence electrons. The zero-order valence-electron chi connectivity index (χ0n) is 7.58. The minimum Gasteiger partial charge on any atom is -0.374 e. The van der Waals surface area contributed by atoms with Crippen LogP contribution in [0.25, 0.3) is 0 Å². The Balaban J connectivity index is 2.15. The van der Waals surface area contributed by atoms with Crippen molar-refractivity contribution in [2.24, 2.45) is 7.05 Å². The van der Waals surface area contributed by atoms with Crippen LogP contribution in [0.3, 0.4) is 0 Å². The molecule has 1 rings (SSSR count). The lowest BCUT2D eigenvalue weighted by Crippen LogP contribution is -2.14. The number of hydrogen-bond donors (Lipinski definition) is 1. The molecule has 1 aromatic heterocycles. The maximum atomic E-state index is 5.34. The molecule has 0 aliphatic heterocycles. The molecule has 12 heavy (non-hydrogen) atoms. The highest BCUT2D eigenvalue weighted by Gasteiger charge is 1.95. The fourth-order valence-electron chi connectivity index (χ4n) is 0.891. The lowest BCUT2D eigenvalue weighted by molar-refractivity contribution is 0.121. The van der Waals surface area contributed by atoms with Gasteiger partial charge in [0.15, 0.2) is 0 Å². The highest BCUT2D eigenvalue weighted by Crippen LogP contribution is 1.95. The lowest BCUT2D eigenvalue weighted by Gasteiger charge is -2.00. The van der Waals surface area contributed by atoms with E-state index in [0.29, 0.717) is 6.61 Å². The molecule has 0 radical (unpaired) electrons. The van der Waals surface area contributed by atoms with Crippen molar-refractivity contribution in [3.63, 3.8) is 0 Å². The molecular formula is C8H15N3O. The molecular weight excluding hydrogens is 154 g/mol. The van der Waals surface area contributed by atoms with Crippen LogP contribution in [-0.2, 0) is 18.4 Å². The second-order valence-electron chi connectivity index (χ2n) is 2.64. The van der Waals surface area contributed by atoms with E-state index in [4.69, 9.17) is 4.74 Å². The number of nitrogens with zero attached hydrogens (tertiary/aromatic N) is 2. The fourth-order valence-corrected chi connectivity index (χ4v) is 0.891. The summed E-state index contributed by atoms with van der Waals surface area (Å²) in [6.07, 6.45) is 1.91. The summed E-state index contributed by atoms with van der Waals surface area (Å²) in [6, 6.07) is 1.96. The van der Waals surface area contributed by atoms with E-state index in [1.165, 1.54) is 0 Å². The molecule has 0 amide bonds. The van der Waals surface area contributed by atoms with Gasteiger partial charge in [-0.1, -0.05) is 0 Å². The van der Waals surface area contributed by atoms with E-state index in [9.17, 15) is 0 Å². The predicted octanol–water partition coefficient (Wildman–Crippen LogP) is 0.156. The first kappa shape index (κ1) is 9.22. The van der Waals surface area contributed by atoms with Crippen molar-refractivity contribution in [1.29, 1.82) is 0 Å². The van der Waals surface area contributed by atoms with Crippen LogP contribution >= 0.6 is 0 Å². The Labute approximate surface area is 72.5 Å². The Bertz CT molecular complexity index is 222. The van der Waals surface area contributed by atoms with Crippen LogP contribution in [0.15, 0.2) is 12.3 Å². The van der Waals surface area contributed by atoms with Gasteiger partial charge in [-0.3, -0.25) is 4.68 Å². The van der Waals surface area contributed by atoms with Gasteiger partial charge in [-0.2, -0.15) is 5.10 Å². The molecule has 0 fully saturated rings. The van der Waals surface area contributed by atoms with Crippen molar-refractivity contribution in [3.05, 3.63) is 18.0 Å². The summed E-state index contributed by atoms with van der Waals surface area (Å²) in [4.78, 5) is 0. The van der Waals surface area contributed by atoms with Gasteiger partial charge in [-0.05, 0) is 13.1 Å². The van der Waals surface area contributed by atoms with Gasteiger partial charge in [-0.15, -0.1) is 0 Å². The third-order valence-corrected chi connectivity index (χ3v) is 1.52. The van der Waals surface area contributed by atoms with Crippen LogP contribution in [0.5, 0.6) is 0 Å². The summed E-state index contributed by atoms with van der Waals surface area (Å²) in [5.41, 5.74) is 0.980. The summed E-state index contributed by atoms with van der Waals surface area (Å²) in [6.45, 7) is 2.21. The van der Waals surface area contributed by atoms with Crippen molar-refractivity contribution in [2.45, 2.75) is 6.61 Å². The summed E-state index contributed by atoms with van der Waals surface area (Å²) in [5.74, 6) is 0. The molecule has 0 spiro atoms. The van der Waals surface area contributed by atoms with Crippen LogP contribution in [0.2, 0.25) is 0 Å². The van der Waals surface area contributed by atoms with E-state index < -0.39 is 0 Å². The van der Waals surface area contributed by atoms with Crippen molar-refractivity contribution < 1.29 is 4.74 Å². The quantitative estimate of drug-likeness (QED) is 0.638. The smallest absolute Gasteiger partial charge is 0.0907 e. The van der Waals surface area contributed by atoms with Crippen LogP contribution in [0, 0.1) is 0 Å². The Morgan fingerprint density at radius 2 is 2.50 bits per heavy atom. The number of nitrogens with one attached hydrogen (secondary N) is 1. The number of ether oxygens (including phenoxy) is 1. The van der Waals surface area contributed by atoms with Crippen LogP contribution in [0.1, 0.15) is 5.69 Å². The van der Waals surface area contributed by atoms with Crippen molar-refractivity contribution in [3.8, 4) is 0 Å². The van der Waals surface area contributed by atoms with E-state index >= 15 is 0 Å². The van der Waals surface area contributed by atoms with Gasteiger partial charge in [0.2, 0.25) is 0 Å². The summed E-state index contributed by atoms with van der Waals surface area (Å²) in [5, 5.41) is 7.19. The second kappa shape index (κ2) is 4.90. The van der Waals surface area contributed by atoms with Gasteiger partial charge in [0.05, 0.1) is 18.9 Å². The Morgan fingerprint density at radius 3 is 3.08 bits per heavy atom. The third-order valence-electron chi connectivity index (χ3n) is 1.52. The third kappa shape index (κ3) is 3.02. The first-order chi connectivity index (χ1) is 5.83. The standard InChI is InChI=1S/C8H15N3O/c1-9-4-6-12-7-8-3-5-11(2)10-8/h3,5,9H,4,6-7H2,1-2H3. The topological polar surface area (TPSA) is 39.1 Å². The summed E-state index contributed by atoms with van der Waals surface area (Å²) < 4.78 is 7.11. The number of aromatic nitrogens is 2. The minimum absolute atomic E-state index is 0.600. The van der Waals surface area contributed by atoms with Crippen molar-refractivity contribution in [2.75, 3.05) is 20.2 Å². The minimum atomic E-state index is 0.600. The average molecular weight is 169 g/mol. The van der Waals surface area contributed by atoms with Gasteiger partial charge < -0.3 is 10.1 Å². The summed E-state index contributed by atoms with van der Waals surface area (Å²) in [7, 11) is 3.81. The molecule has 0 saturated carbocycles. The predicted molar refractivity (Wildman–Crippen MR) is 46.8 cm³/mol. The maximum Gasteiger partial charge on any atom is 0.0907 e. The highest BCUT2D eigenvalue weighted by atomic mass is 16.5. The van der Waals surface area contributed by atoms with Crippen LogP contribution < -0.4 is 5.32 Å². The first-order valence-corrected chi connectivity index (χ1v) is 4.04. The Kier molecular flexibility index (Phi) is 3.76. The van der Waals surface area contributed by atoms with E-state index in [1.54, 1.807) is 4.68 Å². The second-order valence-corrected chi connectivity index (χ2v) is 2.64. The van der Waals surface area contributed by atoms with E-state index in [2.05, 4.69) is 10.4 Å². The van der Waals surface area contributed by atoms with Gasteiger partial charge in [0.25, 0.3) is 0 Å². The van der Waals surface area contributed by atoms with Crippen molar-refractivity contribution >= 4 is 0 Å². The Morgan fingerprint density at radius 1 is 1.67 bits per heavy atom. The monoisotopic (exact) mass is 169 g/mol. The molecule has 0 saturated heterocycles. The molecule has 0 aliphatic carbocycles. The molecule has 0 atom stereocenters.